The lowest BCUT2D eigenvalue weighted by molar-refractivity contribution is -0.116. The number of amides is 1. The van der Waals surface area contributed by atoms with E-state index in [0.717, 1.165) is 23.4 Å². The second-order valence-electron chi connectivity index (χ2n) is 5.32. The molecule has 3 heteroatoms. The lowest BCUT2D eigenvalue weighted by Crippen LogP contribution is -2.14. The van der Waals surface area contributed by atoms with Crippen LogP contribution in [0, 0.1) is 6.92 Å². The highest BCUT2D eigenvalue weighted by molar-refractivity contribution is 5.91. The zero-order valence-corrected chi connectivity index (χ0v) is 13.3. The summed E-state index contributed by atoms with van der Waals surface area (Å²) >= 11 is 0. The normalized spacial score (nSPS) is 10.3. The fourth-order valence-electron chi connectivity index (χ4n) is 2.22. The fourth-order valence-corrected chi connectivity index (χ4v) is 2.22. The molecule has 0 saturated carbocycles. The second-order valence-corrected chi connectivity index (χ2v) is 5.32. The number of hydrogen-bond acceptors (Lipinski definition) is 2. The molecule has 0 aromatic heterocycles. The van der Waals surface area contributed by atoms with E-state index in [1.807, 2.05) is 55.5 Å². The number of nitrogens with one attached hydrogen (secondary N) is 1. The first-order valence-corrected chi connectivity index (χ1v) is 7.76. The first kappa shape index (κ1) is 16.1. The van der Waals surface area contributed by atoms with Gasteiger partial charge in [-0.1, -0.05) is 42.8 Å². The molecular weight excluding hydrogens is 274 g/mol. The van der Waals surface area contributed by atoms with E-state index < -0.39 is 0 Å². The van der Waals surface area contributed by atoms with E-state index in [1.54, 1.807) is 0 Å². The molecule has 0 aliphatic heterocycles. The van der Waals surface area contributed by atoms with E-state index in [2.05, 4.69) is 12.2 Å². The van der Waals surface area contributed by atoms with Crippen LogP contribution in [0.2, 0.25) is 0 Å². The Kier molecular flexibility index (Phi) is 6.01. The van der Waals surface area contributed by atoms with E-state index in [1.165, 1.54) is 5.56 Å². The van der Waals surface area contributed by atoms with Gasteiger partial charge in [0.15, 0.2) is 0 Å². The van der Waals surface area contributed by atoms with Crippen LogP contribution in [0.1, 0.15) is 30.9 Å². The Morgan fingerprint density at radius 3 is 2.55 bits per heavy atom. The van der Waals surface area contributed by atoms with Gasteiger partial charge in [-0.05, 0) is 43.5 Å². The summed E-state index contributed by atoms with van der Waals surface area (Å²) in [5.41, 5.74) is 3.28. The van der Waals surface area contributed by atoms with Gasteiger partial charge in [0, 0.05) is 12.1 Å². The van der Waals surface area contributed by atoms with Gasteiger partial charge in [0.25, 0.3) is 0 Å². The molecular formula is C19H23NO2. The van der Waals surface area contributed by atoms with Gasteiger partial charge in [0.05, 0.1) is 6.61 Å². The Morgan fingerprint density at radius 2 is 1.82 bits per heavy atom. The zero-order valence-electron chi connectivity index (χ0n) is 13.3. The molecule has 0 bridgehead atoms. The molecule has 0 aliphatic rings. The standard InChI is InChI=1S/C19H23NO2/c1-3-16-7-4-5-8-18(16)20-19(21)9-6-14-22-17-12-10-15(2)11-13-17/h4-5,7-8,10-13H,3,6,9,14H2,1-2H3,(H,20,21). The highest BCUT2D eigenvalue weighted by Crippen LogP contribution is 2.16. The molecule has 22 heavy (non-hydrogen) atoms. The maximum atomic E-state index is 12.0. The van der Waals surface area contributed by atoms with Crippen molar-refractivity contribution >= 4 is 11.6 Å². The van der Waals surface area contributed by atoms with Crippen molar-refractivity contribution in [2.24, 2.45) is 0 Å². The van der Waals surface area contributed by atoms with E-state index in [-0.39, 0.29) is 5.91 Å². The van der Waals surface area contributed by atoms with E-state index >= 15 is 0 Å². The predicted molar refractivity (Wildman–Crippen MR) is 90.4 cm³/mol. The molecule has 1 N–H and O–H groups in total. The topological polar surface area (TPSA) is 38.3 Å². The third kappa shape index (κ3) is 4.92. The Bertz CT molecular complexity index is 605. The summed E-state index contributed by atoms with van der Waals surface area (Å²) in [6.45, 7) is 4.68. The molecule has 0 radical (unpaired) electrons. The van der Waals surface area contributed by atoms with E-state index in [0.29, 0.717) is 19.4 Å². The molecule has 0 heterocycles. The molecule has 2 aromatic carbocycles. The fraction of sp³-hybridized carbons (Fsp3) is 0.316. The Balaban J connectivity index is 1.72. The lowest BCUT2D eigenvalue weighted by atomic mass is 10.1. The van der Waals surface area contributed by atoms with Gasteiger partial charge >= 0.3 is 0 Å². The maximum absolute atomic E-state index is 12.0. The molecule has 0 atom stereocenters. The van der Waals surface area contributed by atoms with Crippen LogP contribution in [0.5, 0.6) is 5.75 Å². The van der Waals surface area contributed by atoms with Crippen LogP contribution >= 0.6 is 0 Å². The van der Waals surface area contributed by atoms with Crippen molar-refractivity contribution in [1.29, 1.82) is 0 Å². The third-order valence-corrected chi connectivity index (χ3v) is 3.51. The zero-order chi connectivity index (χ0) is 15.8. The van der Waals surface area contributed by atoms with Gasteiger partial charge in [0.1, 0.15) is 5.75 Å². The van der Waals surface area contributed by atoms with Gasteiger partial charge in [0.2, 0.25) is 5.91 Å². The minimum Gasteiger partial charge on any atom is -0.494 e. The lowest BCUT2D eigenvalue weighted by Gasteiger charge is -2.10. The number of ether oxygens (including phenoxy) is 1. The minimum atomic E-state index is 0.0356. The second kappa shape index (κ2) is 8.23. The number of aryl methyl sites for hydroxylation is 2. The monoisotopic (exact) mass is 297 g/mol. The van der Waals surface area contributed by atoms with Crippen LogP contribution < -0.4 is 10.1 Å². The quantitative estimate of drug-likeness (QED) is 0.771. The van der Waals surface area contributed by atoms with Crippen molar-refractivity contribution in [2.75, 3.05) is 11.9 Å². The van der Waals surface area contributed by atoms with Crippen LogP contribution in [-0.2, 0) is 11.2 Å². The highest BCUT2D eigenvalue weighted by Gasteiger charge is 2.05. The van der Waals surface area contributed by atoms with Crippen molar-refractivity contribution in [1.82, 2.24) is 0 Å². The van der Waals surface area contributed by atoms with E-state index in [9.17, 15) is 4.79 Å². The highest BCUT2D eigenvalue weighted by atomic mass is 16.5. The summed E-state index contributed by atoms with van der Waals surface area (Å²) in [5.74, 6) is 0.885. The van der Waals surface area contributed by atoms with Crippen molar-refractivity contribution in [3.8, 4) is 5.75 Å². The molecule has 2 aromatic rings. The van der Waals surface area contributed by atoms with Gasteiger partial charge in [-0.25, -0.2) is 0 Å². The molecule has 0 unspecified atom stereocenters. The molecule has 2 rings (SSSR count). The Labute approximate surface area is 132 Å². The van der Waals surface area contributed by atoms with Gasteiger partial charge in [-0.3, -0.25) is 4.79 Å². The summed E-state index contributed by atoms with van der Waals surface area (Å²) in [5, 5.41) is 2.97. The number of carbonyl (C=O) groups excluding carboxylic acids is 1. The van der Waals surface area contributed by atoms with Crippen molar-refractivity contribution in [3.05, 3.63) is 59.7 Å². The first-order valence-electron chi connectivity index (χ1n) is 7.76. The number of rotatable bonds is 7. The number of carbonyl (C=O) groups is 1. The molecule has 0 saturated heterocycles. The van der Waals surface area contributed by atoms with E-state index in [4.69, 9.17) is 4.74 Å². The number of anilines is 1. The Morgan fingerprint density at radius 1 is 1.09 bits per heavy atom. The minimum absolute atomic E-state index is 0.0356. The number of para-hydroxylation sites is 1. The number of benzene rings is 2. The predicted octanol–water partition coefficient (Wildman–Crippen LogP) is 4.36. The molecule has 3 nitrogen and oxygen atoms in total. The van der Waals surface area contributed by atoms with Crippen LogP contribution in [0.25, 0.3) is 0 Å². The SMILES string of the molecule is CCc1ccccc1NC(=O)CCCOc1ccc(C)cc1. The van der Waals surface area contributed by atoms with Crippen LogP contribution in [-0.4, -0.2) is 12.5 Å². The summed E-state index contributed by atoms with van der Waals surface area (Å²) in [7, 11) is 0. The maximum Gasteiger partial charge on any atom is 0.224 e. The van der Waals surface area contributed by atoms with Crippen molar-refractivity contribution in [2.45, 2.75) is 33.1 Å². The molecule has 1 amide bonds. The van der Waals surface area contributed by atoms with Crippen LogP contribution in [0.3, 0.4) is 0 Å². The van der Waals surface area contributed by atoms with Gasteiger partial charge < -0.3 is 10.1 Å². The van der Waals surface area contributed by atoms with Crippen molar-refractivity contribution < 1.29 is 9.53 Å². The van der Waals surface area contributed by atoms with Gasteiger partial charge in [-0.15, -0.1) is 0 Å². The summed E-state index contributed by atoms with van der Waals surface area (Å²) in [6, 6.07) is 15.8. The van der Waals surface area contributed by atoms with Crippen molar-refractivity contribution in [3.63, 3.8) is 0 Å². The molecule has 0 aliphatic carbocycles. The molecule has 0 spiro atoms. The summed E-state index contributed by atoms with van der Waals surface area (Å²) in [6.07, 6.45) is 2.07. The summed E-state index contributed by atoms with van der Waals surface area (Å²) < 4.78 is 5.63. The average molecular weight is 297 g/mol. The molecule has 116 valence electrons. The Hall–Kier alpha value is -2.29. The van der Waals surface area contributed by atoms with Crippen LogP contribution in [0.4, 0.5) is 5.69 Å². The smallest absolute Gasteiger partial charge is 0.224 e. The van der Waals surface area contributed by atoms with Gasteiger partial charge in [-0.2, -0.15) is 0 Å². The first-order chi connectivity index (χ1) is 10.7. The van der Waals surface area contributed by atoms with Crippen LogP contribution in [0.15, 0.2) is 48.5 Å². The number of hydrogen-bond donors (Lipinski definition) is 1. The average Bonchev–Trinajstić information content (AvgIpc) is 2.54. The summed E-state index contributed by atoms with van der Waals surface area (Å²) in [4.78, 5) is 12.0. The largest absolute Gasteiger partial charge is 0.494 e. The molecule has 0 fully saturated rings. The third-order valence-electron chi connectivity index (χ3n) is 3.51.